The Labute approximate surface area is 222 Å². The van der Waals surface area contributed by atoms with Gasteiger partial charge in [0.2, 0.25) is 7.07 Å². The van der Waals surface area contributed by atoms with Crippen molar-refractivity contribution in [2.75, 3.05) is 31.6 Å². The van der Waals surface area contributed by atoms with Crippen LogP contribution in [-0.2, 0) is 11.8 Å². The average molecular weight is 540 g/mol. The van der Waals surface area contributed by atoms with E-state index < -0.39 is 7.07 Å². The van der Waals surface area contributed by atoms with E-state index >= 15 is 0 Å². The van der Waals surface area contributed by atoms with E-state index in [2.05, 4.69) is 50.4 Å². The molecule has 0 aliphatic heterocycles. The number of hydrogen-bond donors (Lipinski definition) is 0. The lowest BCUT2D eigenvalue weighted by Crippen LogP contribution is -2.28. The SMILES string of the molecule is CC#Cc1ccc(N(CC)CCOc2ccc(O[PH](=S)N(C)/N=C/c3ccc(OP)cc3)cc2)cc1. The highest BCUT2D eigenvalue weighted by Gasteiger charge is 2.06. The van der Waals surface area contributed by atoms with Crippen LogP contribution in [0.15, 0.2) is 77.9 Å². The first kappa shape index (κ1) is 27.6. The predicted octanol–water partition coefficient (Wildman–Crippen LogP) is 5.98. The summed E-state index contributed by atoms with van der Waals surface area (Å²) in [6.45, 7) is 6.23. The molecule has 0 aliphatic carbocycles. The number of benzene rings is 3. The summed E-state index contributed by atoms with van der Waals surface area (Å²) in [5.74, 6) is 8.25. The van der Waals surface area contributed by atoms with Gasteiger partial charge >= 0.3 is 0 Å². The Morgan fingerprint density at radius 3 is 2.22 bits per heavy atom. The van der Waals surface area contributed by atoms with Crippen LogP contribution in [-0.4, -0.2) is 37.7 Å². The Morgan fingerprint density at radius 1 is 0.972 bits per heavy atom. The number of anilines is 1. The first-order chi connectivity index (χ1) is 17.5. The third-order valence-electron chi connectivity index (χ3n) is 5.20. The Morgan fingerprint density at radius 2 is 1.61 bits per heavy atom. The number of ether oxygens (including phenoxy) is 1. The molecule has 3 aromatic carbocycles. The van der Waals surface area contributed by atoms with Crippen LogP contribution in [0.2, 0.25) is 0 Å². The number of hydrazone groups is 1. The minimum atomic E-state index is -1.75. The fourth-order valence-corrected chi connectivity index (χ4v) is 4.46. The standard InChI is InChI=1S/C27H31N3O3P2S/c1-4-6-22-7-11-24(12-8-22)30(5-2)19-20-31-25-15-17-27(18-16-25)33-35(36)29(3)28-21-23-9-13-26(32-34)14-10-23/h7-18,21,35H,5,19-20,34H2,1-3H3/b28-21+. The predicted molar refractivity (Wildman–Crippen MR) is 157 cm³/mol. The molecular formula is C27H31N3O3P2S. The van der Waals surface area contributed by atoms with Gasteiger partial charge in [-0.05, 0) is 104 Å². The second kappa shape index (κ2) is 14.5. The van der Waals surface area contributed by atoms with E-state index in [0.29, 0.717) is 12.4 Å². The van der Waals surface area contributed by atoms with Crippen LogP contribution < -0.4 is 18.7 Å². The molecule has 36 heavy (non-hydrogen) atoms. The molecule has 0 N–H and O–H groups in total. The normalized spacial score (nSPS) is 11.3. The van der Waals surface area contributed by atoms with E-state index in [0.717, 1.165) is 41.4 Å². The minimum absolute atomic E-state index is 0.572. The van der Waals surface area contributed by atoms with Crippen LogP contribution in [0.1, 0.15) is 25.0 Å². The summed E-state index contributed by atoms with van der Waals surface area (Å²) < 4.78 is 18.7. The summed E-state index contributed by atoms with van der Waals surface area (Å²) in [6.07, 6.45) is 1.75. The summed E-state index contributed by atoms with van der Waals surface area (Å²) in [5.41, 5.74) is 3.13. The van der Waals surface area contributed by atoms with Crippen molar-refractivity contribution < 1.29 is 13.8 Å². The molecule has 0 aromatic heterocycles. The topological polar surface area (TPSA) is 46.5 Å². The highest BCUT2D eigenvalue weighted by Crippen LogP contribution is 2.31. The van der Waals surface area contributed by atoms with Crippen molar-refractivity contribution in [2.24, 2.45) is 5.10 Å². The third-order valence-corrected chi connectivity index (χ3v) is 7.57. The number of rotatable bonds is 12. The molecule has 2 atom stereocenters. The maximum atomic E-state index is 5.95. The van der Waals surface area contributed by atoms with Crippen LogP contribution in [0.3, 0.4) is 0 Å². The Bertz CT molecular complexity index is 1210. The first-order valence-electron chi connectivity index (χ1n) is 11.5. The van der Waals surface area contributed by atoms with Gasteiger partial charge < -0.3 is 18.7 Å². The summed E-state index contributed by atoms with van der Waals surface area (Å²) in [6, 6.07) is 23.4. The maximum absolute atomic E-state index is 5.95. The molecule has 0 fully saturated rings. The van der Waals surface area contributed by atoms with Crippen molar-refractivity contribution in [3.63, 3.8) is 0 Å². The van der Waals surface area contributed by atoms with Gasteiger partial charge in [0.1, 0.15) is 23.9 Å². The van der Waals surface area contributed by atoms with E-state index in [9.17, 15) is 0 Å². The monoisotopic (exact) mass is 539 g/mol. The summed E-state index contributed by atoms with van der Waals surface area (Å²) in [5, 5.41) is 4.41. The number of hydrogen-bond acceptors (Lipinski definition) is 6. The van der Waals surface area contributed by atoms with Gasteiger partial charge in [-0.1, -0.05) is 5.92 Å². The Balaban J connectivity index is 1.46. The lowest BCUT2D eigenvalue weighted by atomic mass is 10.2. The van der Waals surface area contributed by atoms with E-state index in [-0.39, 0.29) is 0 Å². The van der Waals surface area contributed by atoms with E-state index in [1.807, 2.05) is 74.6 Å². The fraction of sp³-hybridized carbons (Fsp3) is 0.222. The molecule has 0 radical (unpaired) electrons. The van der Waals surface area contributed by atoms with Gasteiger partial charge in [-0.15, -0.1) is 5.92 Å². The van der Waals surface area contributed by atoms with Crippen LogP contribution in [0.5, 0.6) is 17.2 Å². The molecule has 3 rings (SSSR count). The second-order valence-corrected chi connectivity index (χ2v) is 10.3. The Hall–Kier alpha value is -3.03. The average Bonchev–Trinajstić information content (AvgIpc) is 2.91. The van der Waals surface area contributed by atoms with Crippen molar-refractivity contribution in [2.45, 2.75) is 13.8 Å². The molecule has 2 unspecified atom stereocenters. The molecule has 6 nitrogen and oxygen atoms in total. The van der Waals surface area contributed by atoms with Crippen molar-refractivity contribution in [1.29, 1.82) is 0 Å². The van der Waals surface area contributed by atoms with Gasteiger partial charge in [0.15, 0.2) is 0 Å². The van der Waals surface area contributed by atoms with E-state index in [1.165, 1.54) is 0 Å². The zero-order valence-corrected chi connectivity index (χ0v) is 23.7. The molecule has 0 saturated carbocycles. The van der Waals surface area contributed by atoms with Gasteiger partial charge in [-0.2, -0.15) is 5.10 Å². The van der Waals surface area contributed by atoms with Crippen LogP contribution >= 0.6 is 16.5 Å². The summed E-state index contributed by atoms with van der Waals surface area (Å²) >= 11 is 5.54. The number of nitrogens with zero attached hydrogens (tertiary/aromatic N) is 3. The minimum Gasteiger partial charge on any atom is -0.492 e. The smallest absolute Gasteiger partial charge is 0.207 e. The van der Waals surface area contributed by atoms with Crippen molar-refractivity contribution in [3.8, 4) is 29.1 Å². The molecule has 188 valence electrons. The van der Waals surface area contributed by atoms with Gasteiger partial charge in [0, 0.05) is 24.8 Å². The number of likely N-dealkylation sites (N-methyl/N-ethyl adjacent to an activating group) is 1. The summed E-state index contributed by atoms with van der Waals surface area (Å²) in [4.78, 5) is 2.27. The Kier molecular flexibility index (Phi) is 11.1. The van der Waals surface area contributed by atoms with Crippen molar-refractivity contribution in [1.82, 2.24) is 4.78 Å². The first-order valence-corrected chi connectivity index (χ1v) is 14.4. The highest BCUT2D eigenvalue weighted by molar-refractivity contribution is 8.02. The zero-order chi connectivity index (χ0) is 25.8. The maximum Gasteiger partial charge on any atom is 0.207 e. The largest absolute Gasteiger partial charge is 0.492 e. The second-order valence-electron chi connectivity index (χ2n) is 7.64. The quantitative estimate of drug-likeness (QED) is 0.122. The summed E-state index contributed by atoms with van der Waals surface area (Å²) in [7, 11) is 2.30. The third kappa shape index (κ3) is 8.57. The van der Waals surface area contributed by atoms with Gasteiger partial charge in [-0.3, -0.25) is 0 Å². The molecule has 3 aromatic rings. The molecule has 0 amide bonds. The van der Waals surface area contributed by atoms with Gasteiger partial charge in [0.05, 0.1) is 22.2 Å². The molecule has 0 saturated heterocycles. The molecule has 0 heterocycles. The van der Waals surface area contributed by atoms with Crippen LogP contribution in [0.4, 0.5) is 5.69 Å². The molecule has 0 aliphatic rings. The van der Waals surface area contributed by atoms with Gasteiger partial charge in [0.25, 0.3) is 0 Å². The highest BCUT2D eigenvalue weighted by atomic mass is 32.4. The van der Waals surface area contributed by atoms with Crippen molar-refractivity contribution >= 4 is 40.3 Å². The lowest BCUT2D eigenvalue weighted by Gasteiger charge is -2.23. The van der Waals surface area contributed by atoms with Crippen LogP contribution in [0.25, 0.3) is 0 Å². The van der Waals surface area contributed by atoms with Crippen molar-refractivity contribution in [3.05, 3.63) is 83.9 Å². The molecular weight excluding hydrogens is 508 g/mol. The van der Waals surface area contributed by atoms with Gasteiger partial charge in [-0.25, -0.2) is 4.78 Å². The van der Waals surface area contributed by atoms with Crippen LogP contribution in [0, 0.1) is 11.8 Å². The lowest BCUT2D eigenvalue weighted by molar-refractivity contribution is 0.324. The van der Waals surface area contributed by atoms with E-state index in [4.69, 9.17) is 25.6 Å². The molecule has 9 heteroatoms. The molecule has 0 bridgehead atoms. The zero-order valence-electron chi connectivity index (χ0n) is 20.7. The van der Waals surface area contributed by atoms with E-state index in [1.54, 1.807) is 11.0 Å². The fourth-order valence-electron chi connectivity index (χ4n) is 3.25. The molecule has 0 spiro atoms.